The number of hydrogen-bond donors (Lipinski definition) is 1. The minimum absolute atomic E-state index is 0.0392. The van der Waals surface area contributed by atoms with Gasteiger partial charge in [-0.15, -0.1) is 0 Å². The van der Waals surface area contributed by atoms with Gasteiger partial charge in [0.2, 0.25) is 0 Å². The number of aliphatic hydroxyl groups is 1. The molecule has 1 heterocycles. The Bertz CT molecular complexity index is 629. The summed E-state index contributed by atoms with van der Waals surface area (Å²) in [4.78, 5) is 0. The molecule has 0 spiro atoms. The first-order valence-electron chi connectivity index (χ1n) is 5.82. The van der Waals surface area contributed by atoms with Crippen molar-refractivity contribution >= 4 is 0 Å². The number of halogens is 4. The molecule has 0 saturated heterocycles. The number of aliphatic hydroxyl groups excluding tert-OH is 1. The van der Waals surface area contributed by atoms with E-state index >= 15 is 0 Å². The third-order valence-electron chi connectivity index (χ3n) is 2.99. The fourth-order valence-electron chi connectivity index (χ4n) is 2.03. The molecule has 0 fully saturated rings. The first-order chi connectivity index (χ1) is 9.20. The molecule has 108 valence electrons. The van der Waals surface area contributed by atoms with Gasteiger partial charge >= 0.3 is 6.18 Å². The molecule has 2 rings (SSSR count). The minimum atomic E-state index is -4.80. The van der Waals surface area contributed by atoms with Gasteiger partial charge in [-0.1, -0.05) is 6.07 Å². The van der Waals surface area contributed by atoms with Gasteiger partial charge in [0.1, 0.15) is 23.4 Å². The molecule has 0 aliphatic carbocycles. The van der Waals surface area contributed by atoms with Gasteiger partial charge in [-0.25, -0.2) is 4.39 Å². The zero-order valence-electron chi connectivity index (χ0n) is 10.8. The molecule has 1 aromatic heterocycles. The number of hydrogen-bond acceptors (Lipinski definition) is 2. The van der Waals surface area contributed by atoms with Crippen LogP contribution in [0.2, 0.25) is 0 Å². The van der Waals surface area contributed by atoms with E-state index < -0.39 is 23.7 Å². The maximum atomic E-state index is 13.2. The summed E-state index contributed by atoms with van der Waals surface area (Å²) in [6.45, 7) is 3.26. The van der Waals surface area contributed by atoms with E-state index in [1.807, 2.05) is 0 Å². The average Bonchev–Trinajstić information content (AvgIpc) is 2.66. The second-order valence-corrected chi connectivity index (χ2v) is 4.51. The lowest BCUT2D eigenvalue weighted by Crippen LogP contribution is -2.10. The molecule has 2 aromatic rings. The Morgan fingerprint density at radius 2 is 1.80 bits per heavy atom. The van der Waals surface area contributed by atoms with Crippen LogP contribution in [0.15, 0.2) is 28.7 Å². The summed E-state index contributed by atoms with van der Waals surface area (Å²) < 4.78 is 56.3. The molecule has 0 aliphatic rings. The number of aryl methyl sites for hydroxylation is 2. The lowest BCUT2D eigenvalue weighted by atomic mass is 9.99. The van der Waals surface area contributed by atoms with Gasteiger partial charge in [-0.3, -0.25) is 0 Å². The Kier molecular flexibility index (Phi) is 3.60. The molecule has 2 nitrogen and oxygen atoms in total. The summed E-state index contributed by atoms with van der Waals surface area (Å²) in [6, 6.07) is 3.97. The van der Waals surface area contributed by atoms with E-state index in [2.05, 4.69) is 0 Å². The van der Waals surface area contributed by atoms with Gasteiger partial charge in [0.05, 0.1) is 5.56 Å². The summed E-state index contributed by atoms with van der Waals surface area (Å²) in [5.41, 5.74) is -1.07. The fourth-order valence-corrected chi connectivity index (χ4v) is 2.03. The van der Waals surface area contributed by atoms with Crippen LogP contribution >= 0.6 is 0 Å². The minimum Gasteiger partial charge on any atom is -0.466 e. The lowest BCUT2D eigenvalue weighted by Gasteiger charge is -2.14. The molecule has 1 N–H and O–H groups in total. The van der Waals surface area contributed by atoms with Gasteiger partial charge in [0.15, 0.2) is 0 Å². The molecular weight excluding hydrogens is 276 g/mol. The molecule has 0 amide bonds. The molecule has 0 saturated carbocycles. The van der Waals surface area contributed by atoms with Crippen LogP contribution in [0.1, 0.15) is 34.3 Å². The smallest absolute Gasteiger partial charge is 0.419 e. The Balaban J connectivity index is 2.46. The van der Waals surface area contributed by atoms with E-state index in [0.29, 0.717) is 29.2 Å². The highest BCUT2D eigenvalue weighted by molar-refractivity contribution is 5.36. The van der Waals surface area contributed by atoms with Crippen LogP contribution in [-0.4, -0.2) is 5.11 Å². The molecule has 1 aromatic carbocycles. The van der Waals surface area contributed by atoms with Crippen molar-refractivity contribution in [2.45, 2.75) is 26.1 Å². The quantitative estimate of drug-likeness (QED) is 0.843. The van der Waals surface area contributed by atoms with Gasteiger partial charge in [-0.2, -0.15) is 13.2 Å². The second-order valence-electron chi connectivity index (χ2n) is 4.51. The number of benzene rings is 1. The van der Waals surface area contributed by atoms with Crippen molar-refractivity contribution in [2.75, 3.05) is 0 Å². The van der Waals surface area contributed by atoms with E-state index in [4.69, 9.17) is 4.42 Å². The number of furan rings is 1. The van der Waals surface area contributed by atoms with Crippen molar-refractivity contribution in [1.29, 1.82) is 0 Å². The van der Waals surface area contributed by atoms with Crippen molar-refractivity contribution < 1.29 is 27.1 Å². The Morgan fingerprint density at radius 1 is 1.15 bits per heavy atom. The summed E-state index contributed by atoms with van der Waals surface area (Å²) >= 11 is 0. The summed E-state index contributed by atoms with van der Waals surface area (Å²) in [5.74, 6) is -0.420. The van der Waals surface area contributed by atoms with Crippen molar-refractivity contribution in [3.63, 3.8) is 0 Å². The van der Waals surface area contributed by atoms with Crippen LogP contribution in [-0.2, 0) is 6.18 Å². The number of rotatable bonds is 2. The zero-order chi connectivity index (χ0) is 15.1. The summed E-state index contributed by atoms with van der Waals surface area (Å²) in [5, 5.41) is 10.1. The average molecular weight is 288 g/mol. The Labute approximate surface area is 112 Å². The maximum Gasteiger partial charge on any atom is 0.419 e. The SMILES string of the molecule is Cc1cc(C(O)c2ccc(F)c(C(F)(F)F)c2)c(C)o1. The first-order valence-corrected chi connectivity index (χ1v) is 5.82. The normalized spacial score (nSPS) is 13.6. The largest absolute Gasteiger partial charge is 0.466 e. The van der Waals surface area contributed by atoms with Crippen molar-refractivity contribution in [1.82, 2.24) is 0 Å². The van der Waals surface area contributed by atoms with Crippen LogP contribution in [0.25, 0.3) is 0 Å². The second kappa shape index (κ2) is 4.94. The highest BCUT2D eigenvalue weighted by Crippen LogP contribution is 2.35. The van der Waals surface area contributed by atoms with Crippen LogP contribution in [0.4, 0.5) is 17.6 Å². The van der Waals surface area contributed by atoms with Crippen LogP contribution < -0.4 is 0 Å². The summed E-state index contributed by atoms with van der Waals surface area (Å²) in [7, 11) is 0. The molecule has 0 radical (unpaired) electrons. The van der Waals surface area contributed by atoms with Gasteiger partial charge in [-0.05, 0) is 37.6 Å². The molecule has 0 aliphatic heterocycles. The van der Waals surface area contributed by atoms with Crippen LogP contribution in [0.3, 0.4) is 0 Å². The van der Waals surface area contributed by atoms with E-state index in [-0.39, 0.29) is 5.56 Å². The third kappa shape index (κ3) is 2.70. The predicted molar refractivity (Wildman–Crippen MR) is 63.6 cm³/mol. The topological polar surface area (TPSA) is 33.4 Å². The Morgan fingerprint density at radius 3 is 2.30 bits per heavy atom. The maximum absolute atomic E-state index is 13.2. The number of alkyl halides is 3. The Hall–Kier alpha value is -1.82. The van der Waals surface area contributed by atoms with E-state index in [0.717, 1.165) is 6.07 Å². The lowest BCUT2D eigenvalue weighted by molar-refractivity contribution is -0.140. The highest BCUT2D eigenvalue weighted by atomic mass is 19.4. The van der Waals surface area contributed by atoms with Crippen molar-refractivity contribution in [3.8, 4) is 0 Å². The van der Waals surface area contributed by atoms with Gasteiger partial charge in [0.25, 0.3) is 0 Å². The van der Waals surface area contributed by atoms with Gasteiger partial charge in [0, 0.05) is 5.56 Å². The van der Waals surface area contributed by atoms with E-state index in [1.54, 1.807) is 13.8 Å². The monoisotopic (exact) mass is 288 g/mol. The third-order valence-corrected chi connectivity index (χ3v) is 2.99. The predicted octanol–water partition coefficient (Wildman–Crippen LogP) is 4.14. The molecule has 0 bridgehead atoms. The molecule has 1 unspecified atom stereocenters. The molecule has 6 heteroatoms. The van der Waals surface area contributed by atoms with E-state index in [1.165, 1.54) is 6.07 Å². The molecular formula is C14H12F4O2. The summed E-state index contributed by atoms with van der Waals surface area (Å²) in [6.07, 6.45) is -6.10. The fraction of sp³-hybridized carbons (Fsp3) is 0.286. The zero-order valence-corrected chi connectivity index (χ0v) is 10.8. The molecule has 1 atom stereocenters. The first kappa shape index (κ1) is 14.6. The highest BCUT2D eigenvalue weighted by Gasteiger charge is 2.34. The standard InChI is InChI=1S/C14H12F4O2/c1-7-5-10(8(2)20-7)13(19)9-3-4-12(15)11(6-9)14(16,17)18/h3-6,13,19H,1-2H3. The molecule has 20 heavy (non-hydrogen) atoms. The van der Waals surface area contributed by atoms with E-state index in [9.17, 15) is 22.7 Å². The van der Waals surface area contributed by atoms with Gasteiger partial charge < -0.3 is 9.52 Å². The van der Waals surface area contributed by atoms with Crippen molar-refractivity contribution in [3.05, 3.63) is 58.3 Å². The van der Waals surface area contributed by atoms with Crippen LogP contribution in [0, 0.1) is 19.7 Å². The van der Waals surface area contributed by atoms with Crippen molar-refractivity contribution in [2.24, 2.45) is 0 Å². The van der Waals surface area contributed by atoms with Crippen LogP contribution in [0.5, 0.6) is 0 Å².